The summed E-state index contributed by atoms with van der Waals surface area (Å²) in [6.07, 6.45) is 0. The molecule has 258 valence electrons. The molecule has 56 heavy (non-hydrogen) atoms. The van der Waals surface area contributed by atoms with E-state index in [1.54, 1.807) is 0 Å². The summed E-state index contributed by atoms with van der Waals surface area (Å²) in [5, 5.41) is 11.0. The summed E-state index contributed by atoms with van der Waals surface area (Å²) in [6.45, 7) is 0. The Bertz CT molecular complexity index is 3940. The predicted octanol–water partition coefficient (Wildman–Crippen LogP) is 13.8. The summed E-state index contributed by atoms with van der Waals surface area (Å²) in [6, 6.07) is 56.7. The van der Waals surface area contributed by atoms with Gasteiger partial charge in [-0.2, -0.15) is 0 Å². The number of hydrogen-bond acceptors (Lipinski definition) is 4. The topological polar surface area (TPSA) is 48.3 Å². The molecule has 0 radical (unpaired) electrons. The Hall–Kier alpha value is -7.28. The van der Waals surface area contributed by atoms with Crippen LogP contribution in [0.1, 0.15) is 0 Å². The van der Waals surface area contributed by atoms with Crippen LogP contribution < -0.4 is 0 Å². The van der Waals surface area contributed by atoms with Crippen LogP contribution in [0, 0.1) is 0 Å². The van der Waals surface area contributed by atoms with Gasteiger partial charge in [0.25, 0.3) is 0 Å². The fourth-order valence-electron chi connectivity index (χ4n) is 9.65. The molecule has 0 aliphatic carbocycles. The van der Waals surface area contributed by atoms with Gasteiger partial charge in [0.2, 0.25) is 5.95 Å². The highest BCUT2D eigenvalue weighted by Crippen LogP contribution is 2.50. The van der Waals surface area contributed by atoms with Crippen LogP contribution in [0.15, 0.2) is 162 Å². The largest absolute Gasteiger partial charge is 0.452 e. The Balaban J connectivity index is 1.09. The summed E-state index contributed by atoms with van der Waals surface area (Å²) in [5.74, 6) is 0.624. The molecule has 0 saturated heterocycles. The molecule has 0 aliphatic heterocycles. The first kappa shape index (κ1) is 29.1. The first-order valence-electron chi connectivity index (χ1n) is 18.9. The van der Waals surface area contributed by atoms with Gasteiger partial charge < -0.3 is 8.82 Å². The van der Waals surface area contributed by atoms with Crippen molar-refractivity contribution in [2.24, 2.45) is 0 Å². The van der Waals surface area contributed by atoms with Gasteiger partial charge in [-0.1, -0.05) is 103 Å². The lowest BCUT2D eigenvalue weighted by Crippen LogP contribution is -2.03. The van der Waals surface area contributed by atoms with Gasteiger partial charge in [-0.05, 0) is 76.5 Å². The van der Waals surface area contributed by atoms with Crippen LogP contribution in [0.2, 0.25) is 0 Å². The number of benzene rings is 8. The lowest BCUT2D eigenvalue weighted by molar-refractivity contribution is 0.666. The smallest absolute Gasteiger partial charge is 0.236 e. The molecule has 6 aromatic heterocycles. The van der Waals surface area contributed by atoms with Crippen LogP contribution in [-0.4, -0.2) is 18.9 Å². The zero-order chi connectivity index (χ0) is 36.2. The summed E-state index contributed by atoms with van der Waals surface area (Å²) < 4.78 is 14.0. The van der Waals surface area contributed by atoms with Gasteiger partial charge in [0.15, 0.2) is 5.58 Å². The van der Waals surface area contributed by atoms with Crippen molar-refractivity contribution in [3.8, 4) is 28.3 Å². The lowest BCUT2D eigenvalue weighted by atomic mass is 9.99. The number of hydrogen-bond donors (Lipinski definition) is 0. The molecule has 6 heterocycles. The Morgan fingerprint density at radius 2 is 1.20 bits per heavy atom. The van der Waals surface area contributed by atoms with E-state index in [0.717, 1.165) is 44.3 Å². The first-order valence-corrected chi connectivity index (χ1v) is 19.7. The number of aromatic nitrogens is 4. The van der Waals surface area contributed by atoms with Crippen molar-refractivity contribution < 1.29 is 4.42 Å². The Labute approximate surface area is 321 Å². The standard InChI is InChI=1S/C50H26N4OS/c1-2-9-30-26-31(21-18-27(30)8-1)28-16-19-29(20-17-28)46-49-47(34-11-4-6-14-39(34)55-49)52-50(51-46)54-37-24-25-41-45-42-36(13-7-15-40(42)56-41)53-35-12-5-3-10-32(35)33-22-23-38(54)44(43(37)45)48(33)53/h1-26H. The van der Waals surface area contributed by atoms with E-state index >= 15 is 0 Å². The quantitative estimate of drug-likeness (QED) is 0.182. The number of fused-ring (bicyclic) bond motifs is 8. The van der Waals surface area contributed by atoms with E-state index in [-0.39, 0.29) is 0 Å². The number of thiophene rings is 1. The van der Waals surface area contributed by atoms with E-state index in [1.807, 2.05) is 23.5 Å². The van der Waals surface area contributed by atoms with E-state index in [9.17, 15) is 0 Å². The minimum Gasteiger partial charge on any atom is -0.452 e. The zero-order valence-corrected chi connectivity index (χ0v) is 30.4. The van der Waals surface area contributed by atoms with Gasteiger partial charge in [-0.3, -0.25) is 4.57 Å². The van der Waals surface area contributed by atoms with Gasteiger partial charge in [-0.25, -0.2) is 9.97 Å². The molecule has 0 unspecified atom stereocenters. The minimum absolute atomic E-state index is 0.624. The maximum atomic E-state index is 6.61. The molecular weight excluding hydrogens is 705 g/mol. The van der Waals surface area contributed by atoms with Gasteiger partial charge >= 0.3 is 0 Å². The maximum absolute atomic E-state index is 6.61. The number of para-hydroxylation sites is 2. The van der Waals surface area contributed by atoms with Crippen molar-refractivity contribution in [1.29, 1.82) is 0 Å². The Kier molecular flexibility index (Phi) is 5.34. The Morgan fingerprint density at radius 1 is 0.464 bits per heavy atom. The van der Waals surface area contributed by atoms with Gasteiger partial charge in [0.1, 0.15) is 16.8 Å². The highest BCUT2D eigenvalue weighted by atomic mass is 32.1. The number of nitrogens with zero attached hydrogens (tertiary/aromatic N) is 4. The molecule has 0 fully saturated rings. The molecule has 8 aromatic carbocycles. The van der Waals surface area contributed by atoms with Crippen molar-refractivity contribution in [1.82, 2.24) is 18.9 Å². The van der Waals surface area contributed by atoms with Crippen molar-refractivity contribution in [3.63, 3.8) is 0 Å². The fraction of sp³-hybridized carbons (Fsp3) is 0. The van der Waals surface area contributed by atoms with E-state index in [2.05, 4.69) is 155 Å². The normalized spacial score (nSPS) is 12.6. The second-order valence-corrected chi connectivity index (χ2v) is 16.0. The second-order valence-electron chi connectivity index (χ2n) is 14.9. The molecule has 6 heteroatoms. The molecule has 0 amide bonds. The third-order valence-electron chi connectivity index (χ3n) is 12.1. The fourth-order valence-corrected chi connectivity index (χ4v) is 10.8. The average molecular weight is 731 g/mol. The first-order chi connectivity index (χ1) is 27.8. The molecule has 0 bridgehead atoms. The molecule has 0 aliphatic rings. The molecule has 14 aromatic rings. The van der Waals surface area contributed by atoms with Crippen LogP contribution in [0.5, 0.6) is 0 Å². The lowest BCUT2D eigenvalue weighted by Gasteiger charge is -2.11. The maximum Gasteiger partial charge on any atom is 0.236 e. The van der Waals surface area contributed by atoms with Crippen LogP contribution in [0.3, 0.4) is 0 Å². The third-order valence-corrected chi connectivity index (χ3v) is 13.2. The second kappa shape index (κ2) is 10.3. The van der Waals surface area contributed by atoms with Gasteiger partial charge in [0, 0.05) is 52.7 Å². The minimum atomic E-state index is 0.624. The Morgan fingerprint density at radius 3 is 2.12 bits per heavy atom. The van der Waals surface area contributed by atoms with Crippen molar-refractivity contribution in [2.45, 2.75) is 0 Å². The third kappa shape index (κ3) is 3.60. The van der Waals surface area contributed by atoms with Crippen molar-refractivity contribution in [2.75, 3.05) is 0 Å². The number of rotatable bonds is 3. The van der Waals surface area contributed by atoms with Crippen molar-refractivity contribution in [3.05, 3.63) is 158 Å². The molecular formula is C50H26N4OS. The molecule has 0 atom stereocenters. The van der Waals surface area contributed by atoms with E-state index in [4.69, 9.17) is 14.4 Å². The molecule has 14 rings (SSSR count). The summed E-state index contributed by atoms with van der Waals surface area (Å²) >= 11 is 1.87. The van der Waals surface area contributed by atoms with Crippen LogP contribution in [-0.2, 0) is 0 Å². The van der Waals surface area contributed by atoms with Crippen molar-refractivity contribution >= 4 is 113 Å². The van der Waals surface area contributed by atoms with Gasteiger partial charge in [-0.15, -0.1) is 11.3 Å². The summed E-state index contributed by atoms with van der Waals surface area (Å²) in [5.41, 5.74) is 12.2. The SMILES string of the molecule is c1ccc2cc(-c3ccc(-c4nc(-n5c6ccc7sc8cccc9c8c7c6c6c5ccc5c7ccccc7n9c56)nc5c4oc4ccccc45)cc3)ccc2c1. The summed E-state index contributed by atoms with van der Waals surface area (Å²) in [7, 11) is 0. The average Bonchev–Trinajstić information content (AvgIpc) is 3.98. The molecule has 0 spiro atoms. The highest BCUT2D eigenvalue weighted by molar-refractivity contribution is 7.26. The van der Waals surface area contributed by atoms with E-state index < -0.39 is 0 Å². The highest BCUT2D eigenvalue weighted by Gasteiger charge is 2.27. The zero-order valence-electron chi connectivity index (χ0n) is 29.6. The molecule has 5 nitrogen and oxygen atoms in total. The van der Waals surface area contributed by atoms with Crippen LogP contribution >= 0.6 is 11.3 Å². The van der Waals surface area contributed by atoms with Gasteiger partial charge in [0.05, 0.1) is 27.6 Å². The molecule has 0 saturated carbocycles. The predicted molar refractivity (Wildman–Crippen MR) is 233 cm³/mol. The molecule has 0 N–H and O–H groups in total. The van der Waals surface area contributed by atoms with E-state index in [1.165, 1.54) is 74.6 Å². The van der Waals surface area contributed by atoms with Crippen LogP contribution in [0.25, 0.3) is 130 Å². The number of furan rings is 1. The monoisotopic (exact) mass is 730 g/mol. The van der Waals surface area contributed by atoms with Crippen LogP contribution in [0.4, 0.5) is 0 Å². The van der Waals surface area contributed by atoms with E-state index in [0.29, 0.717) is 11.5 Å². The summed E-state index contributed by atoms with van der Waals surface area (Å²) in [4.78, 5) is 10.9.